The Morgan fingerprint density at radius 1 is 1.10 bits per heavy atom. The quantitative estimate of drug-likeness (QED) is 0.249. The summed E-state index contributed by atoms with van der Waals surface area (Å²) in [6.45, 7) is 5.50. The van der Waals surface area contributed by atoms with Gasteiger partial charge in [-0.15, -0.1) is 0 Å². The van der Waals surface area contributed by atoms with Crippen LogP contribution in [-0.4, -0.2) is 94.2 Å². The lowest BCUT2D eigenvalue weighted by molar-refractivity contribution is 0.145. The molecule has 0 spiro atoms. The van der Waals surface area contributed by atoms with Crippen molar-refractivity contribution in [3.05, 3.63) is 72.9 Å². The number of methoxy groups -OCH3 is 1. The summed E-state index contributed by atoms with van der Waals surface area (Å²) in [4.78, 5) is 26.6. The van der Waals surface area contributed by atoms with Gasteiger partial charge in [0, 0.05) is 75.2 Å². The molecule has 220 valence electrons. The van der Waals surface area contributed by atoms with Crippen LogP contribution >= 0.6 is 0 Å². The number of rotatable bonds is 11. The Hall–Kier alpha value is -4.75. The fraction of sp³-hybridized carbons (Fsp3) is 0.310. The number of nitrogens with zero attached hydrogens (tertiary/aromatic N) is 7. The molecule has 1 aliphatic heterocycles. The minimum Gasteiger partial charge on any atom is -0.494 e. The van der Waals surface area contributed by atoms with Crippen molar-refractivity contribution in [3.63, 3.8) is 0 Å². The normalized spacial score (nSPS) is 14.0. The molecule has 1 aliphatic rings. The summed E-state index contributed by atoms with van der Waals surface area (Å²) in [6.07, 6.45) is 4.36. The van der Waals surface area contributed by atoms with Crippen LogP contribution in [0.3, 0.4) is 0 Å². The van der Waals surface area contributed by atoms with Crippen molar-refractivity contribution in [2.24, 2.45) is 0 Å². The van der Waals surface area contributed by atoms with Gasteiger partial charge in [0.2, 0.25) is 5.95 Å². The second-order valence-corrected chi connectivity index (χ2v) is 9.78. The van der Waals surface area contributed by atoms with Gasteiger partial charge in [0.25, 0.3) is 0 Å². The lowest BCUT2D eigenvalue weighted by Gasteiger charge is -2.32. The highest BCUT2D eigenvalue weighted by atomic mass is 19.1. The van der Waals surface area contributed by atoms with Crippen LogP contribution in [0.1, 0.15) is 6.42 Å². The lowest BCUT2D eigenvalue weighted by atomic mass is 10.2. The summed E-state index contributed by atoms with van der Waals surface area (Å²) in [7, 11) is 3.57. The van der Waals surface area contributed by atoms with Crippen LogP contribution in [-0.2, 0) is 0 Å². The van der Waals surface area contributed by atoms with Gasteiger partial charge in [-0.3, -0.25) is 0 Å². The Morgan fingerprint density at radius 2 is 1.93 bits per heavy atom. The standard InChI is InChI=1S/C29H33FN8O4/c1-35-14-16-36(17-15-35)12-4-18-42-25-8-5-21(19-23(25)30)33-28-31-11-9-27(34-28)38(29(39)40)24-7-6-22(20-26(24)41-2)37-13-3-10-32-37/h3,5-11,13,19-20H,4,12,14-18H2,1-2H3,(H,39,40)(H,31,33,34). The minimum absolute atomic E-state index is 0.0749. The van der Waals surface area contributed by atoms with E-state index >= 15 is 0 Å². The van der Waals surface area contributed by atoms with Crippen LogP contribution in [0.25, 0.3) is 5.69 Å². The van der Waals surface area contributed by atoms with Gasteiger partial charge in [0.1, 0.15) is 11.6 Å². The molecule has 1 fully saturated rings. The van der Waals surface area contributed by atoms with Crippen LogP contribution in [0.15, 0.2) is 67.1 Å². The second kappa shape index (κ2) is 13.3. The van der Waals surface area contributed by atoms with Gasteiger partial charge in [-0.25, -0.2) is 23.8 Å². The zero-order valence-corrected chi connectivity index (χ0v) is 23.5. The van der Waals surface area contributed by atoms with Gasteiger partial charge < -0.3 is 29.7 Å². The number of carboxylic acid groups (broad SMARTS) is 1. The van der Waals surface area contributed by atoms with Gasteiger partial charge in [-0.1, -0.05) is 0 Å². The highest BCUT2D eigenvalue weighted by Gasteiger charge is 2.23. The molecule has 5 rings (SSSR count). The number of anilines is 4. The third kappa shape index (κ3) is 6.93. The molecule has 42 heavy (non-hydrogen) atoms. The third-order valence-corrected chi connectivity index (χ3v) is 6.89. The van der Waals surface area contributed by atoms with E-state index in [1.807, 2.05) is 0 Å². The Bertz CT molecular complexity index is 1490. The van der Waals surface area contributed by atoms with Crippen LogP contribution < -0.4 is 19.7 Å². The number of amides is 1. The summed E-state index contributed by atoms with van der Waals surface area (Å²) >= 11 is 0. The molecule has 0 unspecified atom stereocenters. The zero-order valence-electron chi connectivity index (χ0n) is 23.5. The van der Waals surface area contributed by atoms with E-state index in [4.69, 9.17) is 9.47 Å². The molecule has 2 aromatic heterocycles. The average molecular weight is 577 g/mol. The molecule has 2 N–H and O–H groups in total. The third-order valence-electron chi connectivity index (χ3n) is 6.89. The van der Waals surface area contributed by atoms with Crippen LogP contribution in [0.5, 0.6) is 11.5 Å². The maximum Gasteiger partial charge on any atom is 0.417 e. The smallest absolute Gasteiger partial charge is 0.417 e. The first-order valence-electron chi connectivity index (χ1n) is 13.6. The molecule has 1 amide bonds. The lowest BCUT2D eigenvalue weighted by Crippen LogP contribution is -2.44. The number of ether oxygens (including phenoxy) is 2. The van der Waals surface area contributed by atoms with Gasteiger partial charge in [-0.2, -0.15) is 10.1 Å². The largest absolute Gasteiger partial charge is 0.494 e. The zero-order chi connectivity index (χ0) is 29.5. The van der Waals surface area contributed by atoms with Crippen molar-refractivity contribution < 1.29 is 23.8 Å². The molecule has 0 bridgehead atoms. The Labute approximate surface area is 242 Å². The van der Waals surface area contributed by atoms with Gasteiger partial charge in [0.05, 0.1) is 25.1 Å². The van der Waals surface area contributed by atoms with Gasteiger partial charge >= 0.3 is 6.09 Å². The number of hydrogen-bond donors (Lipinski definition) is 2. The molecule has 4 aromatic rings. The molecular formula is C29H33FN8O4. The summed E-state index contributed by atoms with van der Waals surface area (Å²) in [6, 6.07) is 12.7. The van der Waals surface area contributed by atoms with Crippen LogP contribution in [0, 0.1) is 5.82 Å². The Balaban J connectivity index is 1.25. The first kappa shape index (κ1) is 28.8. The fourth-order valence-corrected chi connectivity index (χ4v) is 4.64. The van der Waals surface area contributed by atoms with Crippen LogP contribution in [0.2, 0.25) is 0 Å². The van der Waals surface area contributed by atoms with E-state index in [2.05, 4.69) is 37.2 Å². The summed E-state index contributed by atoms with van der Waals surface area (Å²) in [5.74, 6) is 0.109. The maximum absolute atomic E-state index is 14.8. The first-order valence-corrected chi connectivity index (χ1v) is 13.6. The highest BCUT2D eigenvalue weighted by Crippen LogP contribution is 2.35. The van der Waals surface area contributed by atoms with E-state index in [0.717, 1.165) is 44.0 Å². The van der Waals surface area contributed by atoms with E-state index in [1.54, 1.807) is 53.5 Å². The maximum atomic E-state index is 14.8. The SMILES string of the molecule is COc1cc(-n2cccn2)ccc1N(C(=O)O)c1ccnc(Nc2ccc(OCCCN3CCN(C)CC3)c(F)c2)n1. The number of carbonyl (C=O) groups is 1. The second-order valence-electron chi connectivity index (χ2n) is 9.78. The van der Waals surface area contributed by atoms with Crippen molar-refractivity contribution in [1.82, 2.24) is 29.5 Å². The minimum atomic E-state index is -1.27. The highest BCUT2D eigenvalue weighted by molar-refractivity contribution is 5.95. The molecule has 3 heterocycles. The summed E-state index contributed by atoms with van der Waals surface area (Å²) in [5.41, 5.74) is 1.34. The summed E-state index contributed by atoms with van der Waals surface area (Å²) in [5, 5.41) is 17.2. The van der Waals surface area contributed by atoms with Crippen molar-refractivity contribution in [3.8, 4) is 17.2 Å². The molecule has 12 nitrogen and oxygen atoms in total. The van der Waals surface area contributed by atoms with E-state index in [9.17, 15) is 14.3 Å². The van der Waals surface area contributed by atoms with Crippen molar-refractivity contribution in [2.75, 3.05) is 63.7 Å². The van der Waals surface area contributed by atoms with Gasteiger partial charge in [-0.05, 0) is 43.8 Å². The summed E-state index contributed by atoms with van der Waals surface area (Å²) < 4.78 is 27.6. The molecule has 0 saturated carbocycles. The molecule has 13 heteroatoms. The van der Waals surface area contributed by atoms with E-state index in [1.165, 1.54) is 25.4 Å². The topological polar surface area (TPSA) is 121 Å². The van der Waals surface area contributed by atoms with E-state index < -0.39 is 11.9 Å². The number of likely N-dealkylation sites (N-methyl/N-ethyl adjacent to an activating group) is 1. The number of hydrogen-bond acceptors (Lipinski definition) is 9. The average Bonchev–Trinajstić information content (AvgIpc) is 3.53. The molecule has 1 saturated heterocycles. The molecular weight excluding hydrogens is 543 g/mol. The predicted molar refractivity (Wildman–Crippen MR) is 156 cm³/mol. The number of benzene rings is 2. The Morgan fingerprint density at radius 3 is 2.64 bits per heavy atom. The van der Waals surface area contributed by atoms with Crippen molar-refractivity contribution in [2.45, 2.75) is 6.42 Å². The predicted octanol–water partition coefficient (Wildman–Crippen LogP) is 4.39. The number of nitrogens with one attached hydrogen (secondary N) is 1. The van der Waals surface area contributed by atoms with Crippen LogP contribution in [0.4, 0.5) is 32.3 Å². The van der Waals surface area contributed by atoms with E-state index in [-0.39, 0.29) is 23.2 Å². The monoisotopic (exact) mass is 576 g/mol. The van der Waals surface area contributed by atoms with Crippen molar-refractivity contribution >= 4 is 29.2 Å². The van der Waals surface area contributed by atoms with Gasteiger partial charge in [0.15, 0.2) is 11.6 Å². The first-order chi connectivity index (χ1) is 20.4. The number of halogens is 1. The Kier molecular flexibility index (Phi) is 9.09. The molecule has 0 atom stereocenters. The van der Waals surface area contributed by atoms with E-state index in [0.29, 0.717) is 23.7 Å². The number of piperazine rings is 1. The molecule has 2 aromatic carbocycles. The fourth-order valence-electron chi connectivity index (χ4n) is 4.64. The molecule has 0 aliphatic carbocycles. The van der Waals surface area contributed by atoms with Crippen molar-refractivity contribution in [1.29, 1.82) is 0 Å². The number of aromatic nitrogens is 4. The molecule has 0 radical (unpaired) electrons.